The summed E-state index contributed by atoms with van der Waals surface area (Å²) in [6.45, 7) is 2.17. The van der Waals surface area contributed by atoms with E-state index in [-0.39, 0.29) is 24.4 Å². The molecule has 0 radical (unpaired) electrons. The van der Waals surface area contributed by atoms with E-state index in [2.05, 4.69) is 16.9 Å². The predicted molar refractivity (Wildman–Crippen MR) is 116 cm³/mol. The zero-order chi connectivity index (χ0) is 21.3. The largest absolute Gasteiger partial charge is 0.366 e. The fourth-order valence-corrected chi connectivity index (χ4v) is 4.27. The number of benzene rings is 1. The Morgan fingerprint density at radius 3 is 2.30 bits per heavy atom. The summed E-state index contributed by atoms with van der Waals surface area (Å²) in [5.74, 6) is -0.517. The molecular formula is C23H25ClN4O2. The van der Waals surface area contributed by atoms with Crippen molar-refractivity contribution >= 4 is 29.0 Å². The van der Waals surface area contributed by atoms with Crippen LogP contribution in [0.4, 0.5) is 0 Å². The number of rotatable bonds is 5. The summed E-state index contributed by atoms with van der Waals surface area (Å²) >= 11 is 6.05. The molecule has 0 aliphatic carbocycles. The van der Waals surface area contributed by atoms with Crippen molar-refractivity contribution in [3.05, 3.63) is 70.6 Å². The molecule has 4 rings (SSSR count). The number of likely N-dealkylation sites (tertiary alicyclic amines) is 1. The van der Waals surface area contributed by atoms with Crippen molar-refractivity contribution in [2.75, 3.05) is 27.2 Å². The zero-order valence-electron chi connectivity index (χ0n) is 17.2. The Morgan fingerprint density at radius 1 is 1.03 bits per heavy atom. The highest BCUT2D eigenvalue weighted by atomic mass is 35.5. The van der Waals surface area contributed by atoms with E-state index in [9.17, 15) is 9.59 Å². The summed E-state index contributed by atoms with van der Waals surface area (Å²) in [5.41, 5.74) is 2.51. The molecule has 2 amide bonds. The second kappa shape index (κ2) is 8.58. The van der Waals surface area contributed by atoms with Gasteiger partial charge in [0.2, 0.25) is 0 Å². The van der Waals surface area contributed by atoms with E-state index in [0.717, 1.165) is 31.5 Å². The molecule has 0 spiro atoms. The van der Waals surface area contributed by atoms with Gasteiger partial charge >= 0.3 is 0 Å². The third-order valence-corrected chi connectivity index (χ3v) is 6.21. The number of pyridine rings is 1. The van der Waals surface area contributed by atoms with Gasteiger partial charge in [-0.15, -0.1) is 0 Å². The van der Waals surface area contributed by atoms with E-state index in [4.69, 9.17) is 11.6 Å². The van der Waals surface area contributed by atoms with Crippen molar-refractivity contribution in [3.8, 4) is 0 Å². The average Bonchev–Trinajstić information content (AvgIpc) is 3.00. The number of carbonyl (C=O) groups is 2. The van der Waals surface area contributed by atoms with Crippen molar-refractivity contribution in [2.24, 2.45) is 0 Å². The fraction of sp³-hybridized carbons (Fsp3) is 0.348. The third-order valence-electron chi connectivity index (χ3n) is 5.96. The summed E-state index contributed by atoms with van der Waals surface area (Å²) in [6.07, 6.45) is 5.24. The maximum atomic E-state index is 13.5. The predicted octanol–water partition coefficient (Wildman–Crippen LogP) is 3.04. The molecular weight excluding hydrogens is 400 g/mol. The van der Waals surface area contributed by atoms with Gasteiger partial charge in [0.05, 0.1) is 12.1 Å². The Balaban J connectivity index is 1.71. The Labute approximate surface area is 181 Å². The van der Waals surface area contributed by atoms with E-state index >= 15 is 0 Å². The molecule has 0 unspecified atom stereocenters. The van der Waals surface area contributed by atoms with Gasteiger partial charge in [-0.25, -0.2) is 0 Å². The topological polar surface area (TPSA) is 56.8 Å². The monoisotopic (exact) mass is 424 g/mol. The molecule has 0 atom stereocenters. The molecule has 2 aliphatic rings. The van der Waals surface area contributed by atoms with Crippen molar-refractivity contribution in [1.29, 1.82) is 0 Å². The van der Waals surface area contributed by atoms with Crippen LogP contribution in [0.2, 0.25) is 5.02 Å². The van der Waals surface area contributed by atoms with Crippen LogP contribution in [0.1, 0.15) is 24.0 Å². The Bertz CT molecular complexity index is 966. The minimum absolute atomic E-state index is 0.219. The molecule has 0 saturated carbocycles. The molecule has 3 heterocycles. The van der Waals surface area contributed by atoms with Crippen molar-refractivity contribution < 1.29 is 9.59 Å². The van der Waals surface area contributed by atoms with Crippen LogP contribution >= 0.6 is 11.6 Å². The van der Waals surface area contributed by atoms with Crippen molar-refractivity contribution in [2.45, 2.75) is 25.4 Å². The molecule has 1 aromatic carbocycles. The number of aromatic nitrogens is 1. The van der Waals surface area contributed by atoms with Crippen LogP contribution in [0.25, 0.3) is 5.57 Å². The van der Waals surface area contributed by atoms with E-state index in [1.165, 1.54) is 4.90 Å². The number of nitrogens with zero attached hydrogens (tertiary/aromatic N) is 4. The van der Waals surface area contributed by atoms with E-state index < -0.39 is 0 Å². The van der Waals surface area contributed by atoms with Crippen LogP contribution in [-0.2, 0) is 16.1 Å². The number of imide groups is 1. The quantitative estimate of drug-likeness (QED) is 0.690. The average molecular weight is 425 g/mol. The number of hydrogen-bond donors (Lipinski definition) is 0. The van der Waals surface area contributed by atoms with E-state index in [1.807, 2.05) is 24.1 Å². The van der Waals surface area contributed by atoms with Crippen LogP contribution < -0.4 is 0 Å². The van der Waals surface area contributed by atoms with Gasteiger partial charge in [-0.1, -0.05) is 23.7 Å². The summed E-state index contributed by atoms with van der Waals surface area (Å²) < 4.78 is 0. The summed E-state index contributed by atoms with van der Waals surface area (Å²) in [4.78, 5) is 36.5. The number of carbonyl (C=O) groups excluding carboxylic acids is 2. The summed E-state index contributed by atoms with van der Waals surface area (Å²) in [5, 5.41) is 0.593. The second-order valence-electron chi connectivity index (χ2n) is 7.93. The lowest BCUT2D eigenvalue weighted by Crippen LogP contribution is -2.43. The number of hydrogen-bond acceptors (Lipinski definition) is 5. The Hall–Kier alpha value is -2.70. The van der Waals surface area contributed by atoms with Crippen LogP contribution in [-0.4, -0.2) is 64.7 Å². The first-order chi connectivity index (χ1) is 14.5. The minimum atomic E-state index is -0.270. The van der Waals surface area contributed by atoms with Crippen LogP contribution in [0, 0.1) is 0 Å². The van der Waals surface area contributed by atoms with Crippen LogP contribution in [0.3, 0.4) is 0 Å². The lowest BCUT2D eigenvalue weighted by Gasteiger charge is -2.36. The van der Waals surface area contributed by atoms with Gasteiger partial charge in [-0.3, -0.25) is 19.5 Å². The smallest absolute Gasteiger partial charge is 0.278 e. The summed E-state index contributed by atoms with van der Waals surface area (Å²) in [7, 11) is 4.04. The minimum Gasteiger partial charge on any atom is -0.366 e. The number of piperidine rings is 1. The molecule has 30 heavy (non-hydrogen) atoms. The van der Waals surface area contributed by atoms with E-state index in [1.54, 1.807) is 36.7 Å². The molecule has 0 bridgehead atoms. The highest BCUT2D eigenvalue weighted by Crippen LogP contribution is 2.34. The first kappa shape index (κ1) is 20.6. The molecule has 6 nitrogen and oxygen atoms in total. The zero-order valence-corrected chi connectivity index (χ0v) is 18.0. The first-order valence-corrected chi connectivity index (χ1v) is 10.5. The van der Waals surface area contributed by atoms with Gasteiger partial charge in [0, 0.05) is 30.5 Å². The van der Waals surface area contributed by atoms with E-state index in [0.29, 0.717) is 21.9 Å². The molecule has 7 heteroatoms. The second-order valence-corrected chi connectivity index (χ2v) is 8.36. The number of likely N-dealkylation sites (N-methyl/N-ethyl adjacent to an activating group) is 1. The first-order valence-electron chi connectivity index (χ1n) is 10.1. The lowest BCUT2D eigenvalue weighted by molar-refractivity contribution is -0.138. The molecule has 1 fully saturated rings. The van der Waals surface area contributed by atoms with Gasteiger partial charge in [0.15, 0.2) is 0 Å². The van der Waals surface area contributed by atoms with Crippen molar-refractivity contribution in [1.82, 2.24) is 19.7 Å². The molecule has 1 aromatic heterocycles. The highest BCUT2D eigenvalue weighted by Gasteiger charge is 2.42. The van der Waals surface area contributed by atoms with Gasteiger partial charge in [-0.2, -0.15) is 0 Å². The Morgan fingerprint density at radius 2 is 1.67 bits per heavy atom. The molecule has 1 saturated heterocycles. The highest BCUT2D eigenvalue weighted by molar-refractivity contribution is 6.35. The number of halogens is 1. The molecule has 0 N–H and O–H groups in total. The molecule has 2 aliphatic heterocycles. The standard InChI is InChI=1S/C23H25ClN4O2/c1-26-13-9-19(10-14-26)27(2)21-20(17-3-5-18(24)6-4-17)22(29)28(23(21)30)15-16-7-11-25-12-8-16/h3-8,11-12,19H,9-10,13-15H2,1-2H3. The SMILES string of the molecule is CN1CCC(N(C)C2=C(c3ccc(Cl)cc3)C(=O)N(Cc3ccncc3)C2=O)CC1. The van der Waals surface area contributed by atoms with Gasteiger partial charge < -0.3 is 9.80 Å². The number of amides is 2. The van der Waals surface area contributed by atoms with Gasteiger partial charge in [0.25, 0.3) is 11.8 Å². The summed E-state index contributed by atoms with van der Waals surface area (Å²) in [6, 6.07) is 11.0. The normalized spacial score (nSPS) is 18.4. The van der Waals surface area contributed by atoms with Crippen LogP contribution in [0.15, 0.2) is 54.5 Å². The Kier molecular flexibility index (Phi) is 5.88. The molecule has 2 aromatic rings. The van der Waals surface area contributed by atoms with Gasteiger partial charge in [-0.05, 0) is 68.4 Å². The molecule has 156 valence electrons. The van der Waals surface area contributed by atoms with Crippen molar-refractivity contribution in [3.63, 3.8) is 0 Å². The van der Waals surface area contributed by atoms with Gasteiger partial charge in [0.1, 0.15) is 5.70 Å². The van der Waals surface area contributed by atoms with Crippen LogP contribution in [0.5, 0.6) is 0 Å². The third kappa shape index (κ3) is 3.98. The maximum Gasteiger partial charge on any atom is 0.278 e. The fourth-order valence-electron chi connectivity index (χ4n) is 4.15. The lowest BCUT2D eigenvalue weighted by atomic mass is 10.0. The maximum absolute atomic E-state index is 13.5.